The van der Waals surface area contributed by atoms with E-state index in [2.05, 4.69) is 15.9 Å². The standard InChI is InChI=1S/C10H10BrClOS/c1-14-10-4-7(2-8(12)5-10)3-9(13)6-11/h2,4-5H,3,6H2,1H3. The van der Waals surface area contributed by atoms with Crippen molar-refractivity contribution >= 4 is 45.1 Å². The number of carbonyl (C=O) groups is 1. The van der Waals surface area contributed by atoms with Crippen molar-refractivity contribution in [2.45, 2.75) is 11.3 Å². The Balaban J connectivity index is 2.86. The fourth-order valence-corrected chi connectivity index (χ4v) is 2.15. The molecule has 0 spiro atoms. The van der Waals surface area contributed by atoms with Gasteiger partial charge >= 0.3 is 0 Å². The van der Waals surface area contributed by atoms with Crippen molar-refractivity contribution in [3.05, 3.63) is 28.8 Å². The molecule has 0 saturated carbocycles. The number of benzene rings is 1. The molecule has 0 fully saturated rings. The Bertz CT molecular complexity index is 341. The zero-order valence-corrected chi connectivity index (χ0v) is 10.9. The highest BCUT2D eigenvalue weighted by Gasteiger charge is 2.04. The van der Waals surface area contributed by atoms with E-state index in [0.717, 1.165) is 10.5 Å². The highest BCUT2D eigenvalue weighted by atomic mass is 79.9. The van der Waals surface area contributed by atoms with Gasteiger partial charge in [0, 0.05) is 16.3 Å². The third-order valence-corrected chi connectivity index (χ3v) is 3.27. The van der Waals surface area contributed by atoms with E-state index in [4.69, 9.17) is 11.6 Å². The molecule has 0 atom stereocenters. The van der Waals surface area contributed by atoms with Crippen molar-refractivity contribution in [3.8, 4) is 0 Å². The second kappa shape index (κ2) is 5.79. The lowest BCUT2D eigenvalue weighted by molar-refractivity contribution is -0.115. The van der Waals surface area contributed by atoms with Gasteiger partial charge in [-0.3, -0.25) is 4.79 Å². The van der Waals surface area contributed by atoms with Crippen LogP contribution in [-0.4, -0.2) is 17.4 Å². The summed E-state index contributed by atoms with van der Waals surface area (Å²) in [4.78, 5) is 12.3. The van der Waals surface area contributed by atoms with Crippen LogP contribution in [0.15, 0.2) is 23.1 Å². The second-order valence-corrected chi connectivity index (χ2v) is 4.73. The number of halogens is 2. The summed E-state index contributed by atoms with van der Waals surface area (Å²) in [5.41, 5.74) is 0.978. The first-order valence-electron chi connectivity index (χ1n) is 4.07. The van der Waals surface area contributed by atoms with Gasteiger partial charge in [-0.25, -0.2) is 0 Å². The lowest BCUT2D eigenvalue weighted by Crippen LogP contribution is -2.03. The minimum atomic E-state index is 0.166. The summed E-state index contributed by atoms with van der Waals surface area (Å²) in [7, 11) is 0. The number of Topliss-reactive ketones (excluding diaryl/α,β-unsaturated/α-hetero) is 1. The molecular weight excluding hydrogens is 284 g/mol. The van der Waals surface area contributed by atoms with Crippen molar-refractivity contribution in [3.63, 3.8) is 0 Å². The van der Waals surface area contributed by atoms with Gasteiger partial charge in [0.1, 0.15) is 5.78 Å². The summed E-state index contributed by atoms with van der Waals surface area (Å²) in [6, 6.07) is 5.73. The number of carbonyl (C=O) groups excluding carboxylic acids is 1. The SMILES string of the molecule is CSc1cc(Cl)cc(CC(=O)CBr)c1. The monoisotopic (exact) mass is 292 g/mol. The quantitative estimate of drug-likeness (QED) is 0.623. The Morgan fingerprint density at radius 2 is 2.21 bits per heavy atom. The van der Waals surface area contributed by atoms with Crippen molar-refractivity contribution in [1.82, 2.24) is 0 Å². The van der Waals surface area contributed by atoms with Gasteiger partial charge in [-0.05, 0) is 30.0 Å². The molecule has 14 heavy (non-hydrogen) atoms. The topological polar surface area (TPSA) is 17.1 Å². The zero-order valence-electron chi connectivity index (χ0n) is 7.72. The third-order valence-electron chi connectivity index (χ3n) is 1.72. The van der Waals surface area contributed by atoms with E-state index in [1.165, 1.54) is 0 Å². The Kier molecular flexibility index (Phi) is 4.99. The smallest absolute Gasteiger partial charge is 0.147 e. The van der Waals surface area contributed by atoms with E-state index in [-0.39, 0.29) is 5.78 Å². The average molecular weight is 294 g/mol. The number of hydrogen-bond acceptors (Lipinski definition) is 2. The van der Waals surface area contributed by atoms with Crippen LogP contribution in [0, 0.1) is 0 Å². The van der Waals surface area contributed by atoms with Gasteiger partial charge in [0.2, 0.25) is 0 Å². The van der Waals surface area contributed by atoms with Crippen molar-refractivity contribution in [2.75, 3.05) is 11.6 Å². The summed E-state index contributed by atoms with van der Waals surface area (Å²) < 4.78 is 0. The van der Waals surface area contributed by atoms with Gasteiger partial charge in [-0.1, -0.05) is 27.5 Å². The van der Waals surface area contributed by atoms with Crippen LogP contribution in [0.25, 0.3) is 0 Å². The first-order valence-corrected chi connectivity index (χ1v) is 6.79. The summed E-state index contributed by atoms with van der Waals surface area (Å²) in [6.07, 6.45) is 2.43. The molecule has 0 aliphatic rings. The normalized spacial score (nSPS) is 10.2. The minimum Gasteiger partial charge on any atom is -0.298 e. The molecular formula is C10H10BrClOS. The number of thioether (sulfide) groups is 1. The van der Waals surface area contributed by atoms with Crippen LogP contribution in [-0.2, 0) is 11.2 Å². The van der Waals surface area contributed by atoms with Crippen LogP contribution in [0.2, 0.25) is 5.02 Å². The number of rotatable bonds is 4. The lowest BCUT2D eigenvalue weighted by atomic mass is 10.1. The van der Waals surface area contributed by atoms with Crippen LogP contribution in [0.5, 0.6) is 0 Å². The number of alkyl halides is 1. The molecule has 0 bridgehead atoms. The van der Waals surface area contributed by atoms with Crippen LogP contribution in [0.3, 0.4) is 0 Å². The molecule has 1 rings (SSSR count). The summed E-state index contributed by atoms with van der Waals surface area (Å²) in [5, 5.41) is 1.09. The highest BCUT2D eigenvalue weighted by molar-refractivity contribution is 9.09. The Hall–Kier alpha value is 0.01000. The van der Waals surface area contributed by atoms with E-state index < -0.39 is 0 Å². The van der Waals surface area contributed by atoms with Crippen LogP contribution < -0.4 is 0 Å². The first kappa shape index (κ1) is 12.1. The maximum Gasteiger partial charge on any atom is 0.147 e. The van der Waals surface area contributed by atoms with Crippen molar-refractivity contribution < 1.29 is 4.79 Å². The molecule has 0 aliphatic carbocycles. The second-order valence-electron chi connectivity index (χ2n) is 2.85. The van der Waals surface area contributed by atoms with E-state index in [9.17, 15) is 4.79 Å². The first-order chi connectivity index (χ1) is 6.65. The van der Waals surface area contributed by atoms with E-state index in [1.54, 1.807) is 11.8 Å². The average Bonchev–Trinajstić information content (AvgIpc) is 2.16. The molecule has 0 saturated heterocycles. The third kappa shape index (κ3) is 3.64. The van der Waals surface area contributed by atoms with E-state index in [1.807, 2.05) is 24.5 Å². The molecule has 0 unspecified atom stereocenters. The molecule has 0 radical (unpaired) electrons. The van der Waals surface area contributed by atoms with Gasteiger partial charge in [0.25, 0.3) is 0 Å². The highest BCUT2D eigenvalue weighted by Crippen LogP contribution is 2.22. The van der Waals surface area contributed by atoms with E-state index in [0.29, 0.717) is 16.8 Å². The van der Waals surface area contributed by atoms with Gasteiger partial charge in [0.05, 0.1) is 5.33 Å². The molecule has 76 valence electrons. The molecule has 1 aromatic rings. The van der Waals surface area contributed by atoms with Gasteiger partial charge in [-0.2, -0.15) is 0 Å². The molecule has 0 amide bonds. The van der Waals surface area contributed by atoms with Gasteiger partial charge < -0.3 is 0 Å². The van der Waals surface area contributed by atoms with Crippen LogP contribution >= 0.6 is 39.3 Å². The molecule has 0 N–H and O–H groups in total. The molecule has 0 aromatic heterocycles. The largest absolute Gasteiger partial charge is 0.298 e. The van der Waals surface area contributed by atoms with Crippen molar-refractivity contribution in [1.29, 1.82) is 0 Å². The fraction of sp³-hybridized carbons (Fsp3) is 0.300. The summed E-state index contributed by atoms with van der Waals surface area (Å²) in [6.45, 7) is 0. The maximum atomic E-state index is 11.2. The summed E-state index contributed by atoms with van der Waals surface area (Å²) >= 11 is 10.7. The predicted octanol–water partition coefficient (Wildman–Crippen LogP) is 3.57. The van der Waals surface area contributed by atoms with E-state index >= 15 is 0 Å². The zero-order chi connectivity index (χ0) is 10.6. The number of ketones is 1. The lowest BCUT2D eigenvalue weighted by Gasteiger charge is -2.03. The van der Waals surface area contributed by atoms with Crippen LogP contribution in [0.1, 0.15) is 5.56 Å². The van der Waals surface area contributed by atoms with Crippen LogP contribution in [0.4, 0.5) is 0 Å². The molecule has 1 nitrogen and oxygen atoms in total. The van der Waals surface area contributed by atoms with Gasteiger partial charge in [-0.15, -0.1) is 11.8 Å². The Labute approximate surface area is 101 Å². The molecule has 1 aromatic carbocycles. The summed E-state index contributed by atoms with van der Waals surface area (Å²) in [5.74, 6) is 0.166. The Morgan fingerprint density at radius 3 is 2.79 bits per heavy atom. The Morgan fingerprint density at radius 1 is 1.50 bits per heavy atom. The molecule has 0 heterocycles. The van der Waals surface area contributed by atoms with Crippen molar-refractivity contribution in [2.24, 2.45) is 0 Å². The number of hydrogen-bond donors (Lipinski definition) is 0. The maximum absolute atomic E-state index is 11.2. The fourth-order valence-electron chi connectivity index (χ4n) is 1.12. The molecule has 4 heteroatoms. The van der Waals surface area contributed by atoms with Gasteiger partial charge in [0.15, 0.2) is 0 Å². The minimum absolute atomic E-state index is 0.166. The molecule has 0 aliphatic heterocycles. The predicted molar refractivity (Wildman–Crippen MR) is 65.7 cm³/mol.